The second-order valence-electron chi connectivity index (χ2n) is 7.24. The number of piperazine rings is 1. The number of hydrogen-bond donors (Lipinski definition) is 1. The van der Waals surface area contributed by atoms with Gasteiger partial charge in [0, 0.05) is 38.4 Å². The van der Waals surface area contributed by atoms with Gasteiger partial charge in [-0.1, -0.05) is 24.3 Å². The third-order valence-electron chi connectivity index (χ3n) is 5.14. The lowest BCUT2D eigenvalue weighted by Gasteiger charge is -2.36. The molecule has 3 rings (SSSR count). The molecule has 1 heterocycles. The van der Waals surface area contributed by atoms with Crippen LogP contribution in [0.1, 0.15) is 17.5 Å². The van der Waals surface area contributed by atoms with Gasteiger partial charge >= 0.3 is 0 Å². The first-order valence-electron chi connectivity index (χ1n) is 9.68. The summed E-state index contributed by atoms with van der Waals surface area (Å²) in [5.74, 6) is -0.192. The molecule has 152 valence electrons. The lowest BCUT2D eigenvalue weighted by Crippen LogP contribution is -2.47. The Kier molecular flexibility index (Phi) is 7.04. The van der Waals surface area contributed by atoms with Gasteiger partial charge in [0.05, 0.1) is 5.75 Å². The Morgan fingerprint density at radius 2 is 1.68 bits per heavy atom. The number of aryl methyl sites for hydroxylation is 1. The third kappa shape index (κ3) is 6.02. The molecule has 0 unspecified atom stereocenters. The Balaban J connectivity index is 1.37. The molecule has 0 aromatic heterocycles. The molecule has 2 aromatic rings. The zero-order chi connectivity index (χ0) is 20.0. The number of sulfonamides is 1. The number of hydrogen-bond acceptors (Lipinski definition) is 4. The number of anilines is 1. The predicted molar refractivity (Wildman–Crippen MR) is 111 cm³/mol. The SMILES string of the molecule is Cc1ccccc1CS(=O)(=O)NCCCN1CCN(c2ccc(F)cc2)CC1. The van der Waals surface area contributed by atoms with Crippen LogP contribution >= 0.6 is 0 Å². The maximum Gasteiger partial charge on any atom is 0.215 e. The smallest absolute Gasteiger partial charge is 0.215 e. The third-order valence-corrected chi connectivity index (χ3v) is 6.48. The first-order chi connectivity index (χ1) is 13.4. The molecule has 0 spiro atoms. The molecule has 7 heteroatoms. The summed E-state index contributed by atoms with van der Waals surface area (Å²) in [5, 5.41) is 0. The Hall–Kier alpha value is -1.96. The van der Waals surface area contributed by atoms with E-state index < -0.39 is 10.0 Å². The van der Waals surface area contributed by atoms with E-state index in [1.54, 1.807) is 0 Å². The van der Waals surface area contributed by atoms with Gasteiger partial charge in [-0.25, -0.2) is 17.5 Å². The summed E-state index contributed by atoms with van der Waals surface area (Å²) in [6, 6.07) is 14.2. The molecular weight excluding hydrogens is 377 g/mol. The lowest BCUT2D eigenvalue weighted by molar-refractivity contribution is 0.255. The molecule has 0 radical (unpaired) electrons. The van der Waals surface area contributed by atoms with Gasteiger partial charge < -0.3 is 4.90 Å². The first-order valence-corrected chi connectivity index (χ1v) is 11.3. The van der Waals surface area contributed by atoms with Gasteiger partial charge in [-0.15, -0.1) is 0 Å². The summed E-state index contributed by atoms with van der Waals surface area (Å²) in [6.45, 7) is 6.88. The molecule has 0 saturated carbocycles. The average molecular weight is 406 g/mol. The topological polar surface area (TPSA) is 52.7 Å². The van der Waals surface area contributed by atoms with Crippen LogP contribution in [0.3, 0.4) is 0 Å². The molecular formula is C21H28FN3O2S. The minimum atomic E-state index is -3.32. The minimum absolute atomic E-state index is 0.0238. The van der Waals surface area contributed by atoms with Crippen molar-refractivity contribution in [2.75, 3.05) is 44.2 Å². The Bertz CT molecular complexity index is 863. The summed E-state index contributed by atoms with van der Waals surface area (Å²) >= 11 is 0. The maximum atomic E-state index is 13.0. The van der Waals surface area contributed by atoms with Crippen LogP contribution in [0.2, 0.25) is 0 Å². The highest BCUT2D eigenvalue weighted by Gasteiger charge is 2.17. The number of rotatable bonds is 8. The van der Waals surface area contributed by atoms with Crippen LogP contribution in [0.4, 0.5) is 10.1 Å². The van der Waals surface area contributed by atoms with E-state index in [-0.39, 0.29) is 11.6 Å². The molecule has 1 aliphatic rings. The van der Waals surface area contributed by atoms with Crippen molar-refractivity contribution >= 4 is 15.7 Å². The maximum absolute atomic E-state index is 13.0. The first kappa shape index (κ1) is 20.8. The Labute approximate surface area is 167 Å². The van der Waals surface area contributed by atoms with Crippen molar-refractivity contribution in [3.05, 3.63) is 65.5 Å². The molecule has 0 amide bonds. The van der Waals surface area contributed by atoms with Gasteiger partial charge in [0.1, 0.15) is 5.82 Å². The Morgan fingerprint density at radius 1 is 1.00 bits per heavy atom. The molecule has 1 N–H and O–H groups in total. The highest BCUT2D eigenvalue weighted by molar-refractivity contribution is 7.88. The van der Waals surface area contributed by atoms with E-state index in [1.165, 1.54) is 12.1 Å². The van der Waals surface area contributed by atoms with E-state index in [0.717, 1.165) is 56.0 Å². The van der Waals surface area contributed by atoms with E-state index in [4.69, 9.17) is 0 Å². The van der Waals surface area contributed by atoms with Gasteiger partial charge in [0.2, 0.25) is 10.0 Å². The standard InChI is InChI=1S/C21H28FN3O2S/c1-18-5-2-3-6-19(18)17-28(26,27)23-11-4-12-24-13-15-25(16-14-24)21-9-7-20(22)8-10-21/h2-3,5-10,23H,4,11-17H2,1H3. The summed E-state index contributed by atoms with van der Waals surface area (Å²) in [7, 11) is -3.32. The van der Waals surface area contributed by atoms with Crippen molar-refractivity contribution < 1.29 is 12.8 Å². The number of nitrogens with zero attached hydrogens (tertiary/aromatic N) is 2. The van der Waals surface area contributed by atoms with Crippen LogP contribution in [-0.4, -0.2) is 52.6 Å². The second kappa shape index (κ2) is 9.49. The zero-order valence-electron chi connectivity index (χ0n) is 16.3. The van der Waals surface area contributed by atoms with Gasteiger partial charge in [-0.3, -0.25) is 4.90 Å². The van der Waals surface area contributed by atoms with Gasteiger partial charge in [-0.05, 0) is 55.3 Å². The molecule has 0 aliphatic carbocycles. The number of halogens is 1. The molecule has 1 fully saturated rings. The molecule has 0 bridgehead atoms. The van der Waals surface area contributed by atoms with Crippen molar-refractivity contribution in [2.45, 2.75) is 19.1 Å². The van der Waals surface area contributed by atoms with E-state index in [0.29, 0.717) is 6.54 Å². The molecule has 2 aromatic carbocycles. The quantitative estimate of drug-likeness (QED) is 0.686. The lowest BCUT2D eigenvalue weighted by atomic mass is 10.1. The van der Waals surface area contributed by atoms with Crippen LogP contribution in [-0.2, 0) is 15.8 Å². The Morgan fingerprint density at radius 3 is 2.36 bits per heavy atom. The molecule has 0 atom stereocenters. The largest absolute Gasteiger partial charge is 0.369 e. The van der Waals surface area contributed by atoms with Crippen LogP contribution < -0.4 is 9.62 Å². The number of benzene rings is 2. The van der Waals surface area contributed by atoms with Crippen LogP contribution in [0.25, 0.3) is 0 Å². The van der Waals surface area contributed by atoms with Crippen LogP contribution in [0, 0.1) is 12.7 Å². The number of nitrogens with one attached hydrogen (secondary N) is 1. The van der Waals surface area contributed by atoms with Gasteiger partial charge in [0.15, 0.2) is 0 Å². The summed E-state index contributed by atoms with van der Waals surface area (Å²) in [4.78, 5) is 4.59. The fourth-order valence-electron chi connectivity index (χ4n) is 3.44. The van der Waals surface area contributed by atoms with Crippen molar-refractivity contribution in [1.82, 2.24) is 9.62 Å². The van der Waals surface area contributed by atoms with E-state index in [1.807, 2.05) is 43.3 Å². The normalized spacial score (nSPS) is 15.7. The van der Waals surface area contributed by atoms with Crippen molar-refractivity contribution in [3.8, 4) is 0 Å². The van der Waals surface area contributed by atoms with Crippen molar-refractivity contribution in [3.63, 3.8) is 0 Å². The van der Waals surface area contributed by atoms with Gasteiger partial charge in [0.25, 0.3) is 0 Å². The zero-order valence-corrected chi connectivity index (χ0v) is 17.1. The van der Waals surface area contributed by atoms with E-state index in [9.17, 15) is 12.8 Å². The molecule has 5 nitrogen and oxygen atoms in total. The second-order valence-corrected chi connectivity index (χ2v) is 9.05. The van der Waals surface area contributed by atoms with Crippen molar-refractivity contribution in [1.29, 1.82) is 0 Å². The van der Waals surface area contributed by atoms with E-state index in [2.05, 4.69) is 14.5 Å². The van der Waals surface area contributed by atoms with Crippen LogP contribution in [0.15, 0.2) is 48.5 Å². The summed E-state index contributed by atoms with van der Waals surface area (Å²) in [6.07, 6.45) is 0.781. The minimum Gasteiger partial charge on any atom is -0.369 e. The fourth-order valence-corrected chi connectivity index (χ4v) is 4.73. The highest BCUT2D eigenvalue weighted by atomic mass is 32.2. The molecule has 28 heavy (non-hydrogen) atoms. The molecule has 1 saturated heterocycles. The molecule has 1 aliphatic heterocycles. The van der Waals surface area contributed by atoms with Crippen LogP contribution in [0.5, 0.6) is 0 Å². The average Bonchev–Trinajstić information content (AvgIpc) is 2.68. The van der Waals surface area contributed by atoms with E-state index >= 15 is 0 Å². The highest BCUT2D eigenvalue weighted by Crippen LogP contribution is 2.17. The summed E-state index contributed by atoms with van der Waals surface area (Å²) in [5.41, 5.74) is 2.88. The monoisotopic (exact) mass is 405 g/mol. The summed E-state index contributed by atoms with van der Waals surface area (Å²) < 4.78 is 40.3. The predicted octanol–water partition coefficient (Wildman–Crippen LogP) is 2.77. The van der Waals surface area contributed by atoms with Gasteiger partial charge in [-0.2, -0.15) is 0 Å². The fraction of sp³-hybridized carbons (Fsp3) is 0.429. The van der Waals surface area contributed by atoms with Crippen molar-refractivity contribution in [2.24, 2.45) is 0 Å².